The second-order valence-electron chi connectivity index (χ2n) is 5.68. The molecule has 0 radical (unpaired) electrons. The summed E-state index contributed by atoms with van der Waals surface area (Å²) in [6.45, 7) is 1.26. The maximum Gasteiger partial charge on any atom is 0.405 e. The van der Waals surface area contributed by atoms with E-state index < -0.39 is 24.7 Å². The van der Waals surface area contributed by atoms with E-state index in [9.17, 15) is 18.0 Å². The molecule has 4 nitrogen and oxygen atoms in total. The number of hydrogen-bond acceptors (Lipinski definition) is 4. The molecular weight excluding hydrogens is 339 g/mol. The lowest BCUT2D eigenvalue weighted by atomic mass is 10.1. The summed E-state index contributed by atoms with van der Waals surface area (Å²) in [7, 11) is 0. The van der Waals surface area contributed by atoms with Crippen molar-refractivity contribution in [3.63, 3.8) is 0 Å². The summed E-state index contributed by atoms with van der Waals surface area (Å²) < 4.78 is 39.8. The van der Waals surface area contributed by atoms with Gasteiger partial charge in [0.2, 0.25) is 0 Å². The fraction of sp³-hybridized carbons (Fsp3) is 0.562. The number of piperazine rings is 1. The third-order valence-corrected chi connectivity index (χ3v) is 4.58. The first-order valence-electron chi connectivity index (χ1n) is 7.79. The number of halogens is 3. The number of hydrogen-bond donors (Lipinski definition) is 2. The molecule has 1 fully saturated rings. The summed E-state index contributed by atoms with van der Waals surface area (Å²) >= 11 is 1.67. The fourth-order valence-corrected chi connectivity index (χ4v) is 3.18. The minimum absolute atomic E-state index is 0.323. The topological polar surface area (TPSA) is 44.4 Å². The Labute approximate surface area is 144 Å². The predicted octanol–water partition coefficient (Wildman–Crippen LogP) is 2.12. The molecule has 2 N–H and O–H groups in total. The molecule has 0 bridgehead atoms. The van der Waals surface area contributed by atoms with E-state index in [0.717, 1.165) is 11.3 Å². The fourth-order valence-electron chi connectivity index (χ4n) is 2.66. The van der Waals surface area contributed by atoms with Crippen LogP contribution < -0.4 is 10.6 Å². The van der Waals surface area contributed by atoms with E-state index in [1.165, 1.54) is 4.90 Å². The van der Waals surface area contributed by atoms with Crippen LogP contribution in [0.1, 0.15) is 15.9 Å². The van der Waals surface area contributed by atoms with Gasteiger partial charge in [0.25, 0.3) is 5.91 Å². The molecule has 24 heavy (non-hydrogen) atoms. The van der Waals surface area contributed by atoms with Crippen LogP contribution in [-0.4, -0.2) is 62.0 Å². The number of nitrogens with zero attached hydrogens (tertiary/aromatic N) is 1. The molecule has 1 aliphatic heterocycles. The highest BCUT2D eigenvalue weighted by atomic mass is 32.2. The number of carbonyl (C=O) groups is 1. The zero-order chi connectivity index (χ0) is 17.6. The molecule has 134 valence electrons. The van der Waals surface area contributed by atoms with Crippen molar-refractivity contribution in [2.75, 3.05) is 39.0 Å². The highest BCUT2D eigenvalue weighted by molar-refractivity contribution is 7.97. The SMILES string of the molecule is CSCc1ccc(C(=O)NCC(N2CCNCC2)C(F)(F)F)cc1. The lowest BCUT2D eigenvalue weighted by Gasteiger charge is -2.35. The van der Waals surface area contributed by atoms with Crippen LogP contribution in [0.3, 0.4) is 0 Å². The minimum Gasteiger partial charge on any atom is -0.350 e. The smallest absolute Gasteiger partial charge is 0.350 e. The monoisotopic (exact) mass is 361 g/mol. The Bertz CT molecular complexity index is 530. The Morgan fingerprint density at radius 2 is 1.92 bits per heavy atom. The average Bonchev–Trinajstić information content (AvgIpc) is 2.55. The zero-order valence-electron chi connectivity index (χ0n) is 13.5. The van der Waals surface area contributed by atoms with Gasteiger partial charge in [-0.05, 0) is 24.0 Å². The van der Waals surface area contributed by atoms with Crippen LogP contribution in [0, 0.1) is 0 Å². The standard InChI is InChI=1S/C16H22F3N3OS/c1-24-11-12-2-4-13(5-3-12)15(23)21-10-14(16(17,18)19)22-8-6-20-7-9-22/h2-5,14,20H,6-11H2,1H3,(H,21,23). The van der Waals surface area contributed by atoms with Crippen molar-refractivity contribution in [3.8, 4) is 0 Å². The zero-order valence-corrected chi connectivity index (χ0v) is 14.3. The third kappa shape index (κ3) is 5.39. The number of thioether (sulfide) groups is 1. The van der Waals surface area contributed by atoms with Crippen molar-refractivity contribution < 1.29 is 18.0 Å². The van der Waals surface area contributed by atoms with Crippen LogP contribution in [0.15, 0.2) is 24.3 Å². The van der Waals surface area contributed by atoms with Gasteiger partial charge in [0.05, 0.1) is 0 Å². The van der Waals surface area contributed by atoms with Gasteiger partial charge in [-0.2, -0.15) is 24.9 Å². The van der Waals surface area contributed by atoms with Crippen LogP contribution in [0.25, 0.3) is 0 Å². The van der Waals surface area contributed by atoms with Gasteiger partial charge in [0.15, 0.2) is 0 Å². The Morgan fingerprint density at radius 3 is 2.46 bits per heavy atom. The van der Waals surface area contributed by atoms with Gasteiger partial charge in [-0.15, -0.1) is 0 Å². The minimum atomic E-state index is -4.37. The molecule has 1 heterocycles. The van der Waals surface area contributed by atoms with Crippen molar-refractivity contribution >= 4 is 17.7 Å². The van der Waals surface area contributed by atoms with Crippen molar-refractivity contribution in [3.05, 3.63) is 35.4 Å². The molecule has 2 rings (SSSR count). The van der Waals surface area contributed by atoms with Gasteiger partial charge in [-0.25, -0.2) is 0 Å². The molecule has 1 saturated heterocycles. The molecule has 1 amide bonds. The van der Waals surface area contributed by atoms with E-state index in [0.29, 0.717) is 31.7 Å². The third-order valence-electron chi connectivity index (χ3n) is 3.95. The Morgan fingerprint density at radius 1 is 1.29 bits per heavy atom. The van der Waals surface area contributed by atoms with Crippen molar-refractivity contribution in [1.82, 2.24) is 15.5 Å². The van der Waals surface area contributed by atoms with Crippen molar-refractivity contribution in [2.45, 2.75) is 18.0 Å². The molecule has 0 aliphatic carbocycles. The van der Waals surface area contributed by atoms with Gasteiger partial charge in [0, 0.05) is 44.0 Å². The molecule has 1 atom stereocenters. The Balaban J connectivity index is 1.96. The molecule has 0 spiro atoms. The van der Waals surface area contributed by atoms with Gasteiger partial charge in [-0.3, -0.25) is 9.69 Å². The van der Waals surface area contributed by atoms with E-state index in [1.54, 1.807) is 23.9 Å². The number of carbonyl (C=O) groups excluding carboxylic acids is 1. The van der Waals surface area contributed by atoms with E-state index in [1.807, 2.05) is 18.4 Å². The van der Waals surface area contributed by atoms with E-state index >= 15 is 0 Å². The number of amides is 1. The summed E-state index contributed by atoms with van der Waals surface area (Å²) in [6, 6.07) is 5.29. The van der Waals surface area contributed by atoms with E-state index in [2.05, 4.69) is 10.6 Å². The molecule has 1 aliphatic rings. The summed E-state index contributed by atoms with van der Waals surface area (Å²) in [5.74, 6) is 0.358. The summed E-state index contributed by atoms with van der Waals surface area (Å²) in [5, 5.41) is 5.46. The molecular formula is C16H22F3N3OS. The number of rotatable bonds is 6. The van der Waals surface area contributed by atoms with Gasteiger partial charge in [-0.1, -0.05) is 12.1 Å². The first kappa shape index (κ1) is 19.1. The maximum atomic E-state index is 13.3. The van der Waals surface area contributed by atoms with Gasteiger partial charge >= 0.3 is 6.18 Å². The maximum absolute atomic E-state index is 13.3. The normalized spacial score (nSPS) is 17.5. The summed E-state index contributed by atoms with van der Waals surface area (Å²) in [5.41, 5.74) is 1.45. The number of benzene rings is 1. The number of nitrogens with one attached hydrogen (secondary N) is 2. The largest absolute Gasteiger partial charge is 0.405 e. The highest BCUT2D eigenvalue weighted by Gasteiger charge is 2.43. The van der Waals surface area contributed by atoms with Crippen molar-refractivity contribution in [2.24, 2.45) is 0 Å². The van der Waals surface area contributed by atoms with Gasteiger partial charge in [0.1, 0.15) is 6.04 Å². The quantitative estimate of drug-likeness (QED) is 0.815. The summed E-state index contributed by atoms with van der Waals surface area (Å²) in [4.78, 5) is 13.5. The first-order chi connectivity index (χ1) is 11.4. The van der Waals surface area contributed by atoms with Crippen LogP contribution >= 0.6 is 11.8 Å². The van der Waals surface area contributed by atoms with Crippen molar-refractivity contribution in [1.29, 1.82) is 0 Å². The van der Waals surface area contributed by atoms with E-state index in [4.69, 9.17) is 0 Å². The van der Waals surface area contributed by atoms with Gasteiger partial charge < -0.3 is 10.6 Å². The van der Waals surface area contributed by atoms with E-state index in [-0.39, 0.29) is 0 Å². The second-order valence-corrected chi connectivity index (χ2v) is 6.55. The summed E-state index contributed by atoms with van der Waals surface area (Å²) in [6.07, 6.45) is -2.39. The Hall–Kier alpha value is -1.25. The van der Waals surface area contributed by atoms with Crippen LogP contribution in [0.4, 0.5) is 13.2 Å². The molecule has 8 heteroatoms. The average molecular weight is 361 g/mol. The second kappa shape index (κ2) is 8.73. The Kier molecular flexibility index (Phi) is 6.94. The first-order valence-corrected chi connectivity index (χ1v) is 9.18. The lowest BCUT2D eigenvalue weighted by molar-refractivity contribution is -0.183. The number of alkyl halides is 3. The van der Waals surface area contributed by atoms with Crippen LogP contribution in [0.5, 0.6) is 0 Å². The molecule has 1 aromatic rings. The lowest BCUT2D eigenvalue weighted by Crippen LogP contribution is -2.57. The highest BCUT2D eigenvalue weighted by Crippen LogP contribution is 2.24. The van der Waals surface area contributed by atoms with Crippen LogP contribution in [-0.2, 0) is 5.75 Å². The molecule has 0 aromatic heterocycles. The molecule has 1 unspecified atom stereocenters. The molecule has 0 saturated carbocycles. The predicted molar refractivity (Wildman–Crippen MR) is 90.3 cm³/mol. The molecule has 1 aromatic carbocycles. The van der Waals surface area contributed by atoms with Crippen LogP contribution in [0.2, 0.25) is 0 Å².